The fraction of sp³-hybridized carbons (Fsp3) is 0.385. The zero-order valence-electron chi connectivity index (χ0n) is 20.1. The van der Waals surface area contributed by atoms with Crippen LogP contribution in [0.1, 0.15) is 0 Å². The Hall–Kier alpha value is -3.36. The molecular formula is C26H32N6O2. The summed E-state index contributed by atoms with van der Waals surface area (Å²) in [6, 6.07) is 12.1. The number of likely N-dealkylation sites (N-methyl/N-ethyl adjacent to an activating group) is 1. The van der Waals surface area contributed by atoms with Gasteiger partial charge in [-0.1, -0.05) is 0 Å². The number of hydrogen-bond donors (Lipinski definition) is 1. The highest BCUT2D eigenvalue weighted by molar-refractivity contribution is 5.99. The van der Waals surface area contributed by atoms with Gasteiger partial charge in [-0.05, 0) is 50.5 Å². The number of carbonyl (C=O) groups excluding carboxylic acids is 1. The molecule has 4 heterocycles. The van der Waals surface area contributed by atoms with Gasteiger partial charge in [0.15, 0.2) is 0 Å². The van der Waals surface area contributed by atoms with Crippen LogP contribution in [0.2, 0.25) is 0 Å². The van der Waals surface area contributed by atoms with Crippen LogP contribution in [0.3, 0.4) is 0 Å². The van der Waals surface area contributed by atoms with Crippen LogP contribution in [-0.4, -0.2) is 95.6 Å². The number of piperazine rings is 1. The summed E-state index contributed by atoms with van der Waals surface area (Å²) in [5.41, 5.74) is 3.88. The second-order valence-electron chi connectivity index (χ2n) is 9.20. The Morgan fingerprint density at radius 1 is 1.15 bits per heavy atom. The minimum atomic E-state index is 0.157. The number of rotatable bonds is 7. The van der Waals surface area contributed by atoms with E-state index >= 15 is 0 Å². The number of methoxy groups -OCH3 is 1. The van der Waals surface area contributed by atoms with Crippen molar-refractivity contribution in [1.29, 1.82) is 0 Å². The molecule has 0 bridgehead atoms. The van der Waals surface area contributed by atoms with E-state index in [-0.39, 0.29) is 5.91 Å². The molecule has 0 radical (unpaired) electrons. The van der Waals surface area contributed by atoms with E-state index in [1.165, 1.54) is 0 Å². The summed E-state index contributed by atoms with van der Waals surface area (Å²) in [5, 5.41) is 2.11. The maximum absolute atomic E-state index is 13.2. The molecule has 0 aliphatic carbocycles. The molecule has 5 rings (SSSR count). The topological polar surface area (TPSA) is 69.6 Å². The van der Waals surface area contributed by atoms with Gasteiger partial charge in [-0.2, -0.15) is 0 Å². The van der Waals surface area contributed by atoms with Crippen molar-refractivity contribution in [3.63, 3.8) is 0 Å². The molecule has 0 atom stereocenters. The lowest BCUT2D eigenvalue weighted by atomic mass is 10.1. The molecule has 0 saturated carbocycles. The van der Waals surface area contributed by atoms with Crippen molar-refractivity contribution >= 4 is 27.8 Å². The largest absolute Gasteiger partial charge is 0.497 e. The van der Waals surface area contributed by atoms with Crippen LogP contribution in [0.15, 0.2) is 48.8 Å². The number of aromatic nitrogens is 3. The minimum absolute atomic E-state index is 0.157. The molecule has 4 aromatic rings. The number of aromatic amines is 1. The molecule has 34 heavy (non-hydrogen) atoms. The summed E-state index contributed by atoms with van der Waals surface area (Å²) in [6.07, 6.45) is 3.86. The summed E-state index contributed by atoms with van der Waals surface area (Å²) >= 11 is 0. The van der Waals surface area contributed by atoms with Crippen LogP contribution >= 0.6 is 0 Å². The Morgan fingerprint density at radius 3 is 2.71 bits per heavy atom. The van der Waals surface area contributed by atoms with E-state index in [0.29, 0.717) is 6.54 Å². The summed E-state index contributed by atoms with van der Waals surface area (Å²) in [4.78, 5) is 27.7. The van der Waals surface area contributed by atoms with Crippen LogP contribution in [0.5, 0.6) is 5.75 Å². The Balaban J connectivity index is 1.39. The predicted molar refractivity (Wildman–Crippen MR) is 135 cm³/mol. The number of benzene rings is 1. The van der Waals surface area contributed by atoms with Crippen molar-refractivity contribution in [2.45, 2.75) is 6.54 Å². The summed E-state index contributed by atoms with van der Waals surface area (Å²) in [7, 11) is 5.86. The Morgan fingerprint density at radius 2 is 1.97 bits per heavy atom. The lowest BCUT2D eigenvalue weighted by molar-refractivity contribution is -0.133. The van der Waals surface area contributed by atoms with Gasteiger partial charge in [0, 0.05) is 79.2 Å². The van der Waals surface area contributed by atoms with Crippen molar-refractivity contribution < 1.29 is 9.53 Å². The zero-order chi connectivity index (χ0) is 23.7. The summed E-state index contributed by atoms with van der Waals surface area (Å²) in [6.45, 7) is 5.81. The van der Waals surface area contributed by atoms with E-state index < -0.39 is 0 Å². The minimum Gasteiger partial charge on any atom is -0.497 e. The molecule has 1 aliphatic rings. The van der Waals surface area contributed by atoms with E-state index in [1.54, 1.807) is 13.3 Å². The third kappa shape index (κ3) is 4.51. The van der Waals surface area contributed by atoms with Gasteiger partial charge >= 0.3 is 0 Å². The molecule has 0 spiro atoms. The molecule has 8 heteroatoms. The fourth-order valence-corrected chi connectivity index (χ4v) is 4.66. The van der Waals surface area contributed by atoms with Gasteiger partial charge in [-0.3, -0.25) is 9.69 Å². The van der Waals surface area contributed by atoms with Crippen LogP contribution in [0.25, 0.3) is 33.2 Å². The molecule has 3 aromatic heterocycles. The highest BCUT2D eigenvalue weighted by Gasteiger charge is 2.22. The van der Waals surface area contributed by atoms with E-state index in [0.717, 1.165) is 78.2 Å². The smallest absolute Gasteiger partial charge is 0.242 e. The van der Waals surface area contributed by atoms with Crippen molar-refractivity contribution in [1.82, 2.24) is 29.2 Å². The first-order valence-electron chi connectivity index (χ1n) is 11.8. The van der Waals surface area contributed by atoms with Gasteiger partial charge in [-0.15, -0.1) is 0 Å². The van der Waals surface area contributed by atoms with Crippen molar-refractivity contribution in [3.8, 4) is 17.0 Å². The van der Waals surface area contributed by atoms with E-state index in [1.807, 2.05) is 35.2 Å². The van der Waals surface area contributed by atoms with Crippen molar-refractivity contribution in [3.05, 3.63) is 48.8 Å². The Labute approximate surface area is 199 Å². The lowest BCUT2D eigenvalue weighted by Crippen LogP contribution is -2.50. The van der Waals surface area contributed by atoms with Gasteiger partial charge in [0.25, 0.3) is 0 Å². The number of pyridine rings is 1. The first kappa shape index (κ1) is 22.4. The molecule has 178 valence electrons. The average Bonchev–Trinajstić information content (AvgIpc) is 3.44. The first-order chi connectivity index (χ1) is 16.5. The Bertz CT molecular complexity index is 1270. The number of hydrogen-bond acceptors (Lipinski definition) is 5. The number of amides is 1. The molecule has 0 unspecified atom stereocenters. The Kier molecular flexibility index (Phi) is 6.26. The number of carbonyl (C=O) groups is 1. The summed E-state index contributed by atoms with van der Waals surface area (Å²) in [5.74, 6) is 0.950. The van der Waals surface area contributed by atoms with Crippen LogP contribution in [-0.2, 0) is 11.3 Å². The predicted octanol–water partition coefficient (Wildman–Crippen LogP) is 2.90. The second kappa shape index (κ2) is 9.48. The number of nitrogens with zero attached hydrogens (tertiary/aromatic N) is 5. The third-order valence-electron chi connectivity index (χ3n) is 6.66. The number of fused-ring (bicyclic) bond motifs is 2. The third-order valence-corrected chi connectivity index (χ3v) is 6.66. The molecule has 1 N–H and O–H groups in total. The highest BCUT2D eigenvalue weighted by atomic mass is 16.5. The van der Waals surface area contributed by atoms with Crippen molar-refractivity contribution in [2.75, 3.05) is 60.5 Å². The van der Waals surface area contributed by atoms with Crippen LogP contribution in [0, 0.1) is 0 Å². The van der Waals surface area contributed by atoms with Gasteiger partial charge in [0.1, 0.15) is 17.9 Å². The zero-order valence-corrected chi connectivity index (χ0v) is 20.1. The first-order valence-corrected chi connectivity index (χ1v) is 11.8. The monoisotopic (exact) mass is 460 g/mol. The average molecular weight is 461 g/mol. The summed E-state index contributed by atoms with van der Waals surface area (Å²) < 4.78 is 7.55. The van der Waals surface area contributed by atoms with Gasteiger partial charge in [0.2, 0.25) is 5.91 Å². The molecule has 1 saturated heterocycles. The molecule has 1 aromatic carbocycles. The van der Waals surface area contributed by atoms with E-state index in [4.69, 9.17) is 4.74 Å². The highest BCUT2D eigenvalue weighted by Crippen LogP contribution is 2.34. The van der Waals surface area contributed by atoms with Gasteiger partial charge in [0.05, 0.1) is 7.11 Å². The van der Waals surface area contributed by atoms with Crippen LogP contribution in [0.4, 0.5) is 0 Å². The second-order valence-corrected chi connectivity index (χ2v) is 9.20. The standard InChI is InChI=1S/C26H32N6O2/c1-29(2)9-10-30-11-13-31(14-12-30)25(33)18-32-17-22(21-16-20(34-3)6-7-24(21)32)23-15-19-5-4-8-27-26(19)28-23/h4-8,15-17H,9-14,18H2,1-3H3,(H,27,28). The van der Waals surface area contributed by atoms with E-state index in [2.05, 4.69) is 50.7 Å². The van der Waals surface area contributed by atoms with E-state index in [9.17, 15) is 4.79 Å². The number of nitrogens with one attached hydrogen (secondary N) is 1. The molecule has 8 nitrogen and oxygen atoms in total. The maximum atomic E-state index is 13.2. The maximum Gasteiger partial charge on any atom is 0.242 e. The lowest BCUT2D eigenvalue weighted by Gasteiger charge is -2.35. The van der Waals surface area contributed by atoms with Gasteiger partial charge < -0.3 is 24.1 Å². The molecular weight excluding hydrogens is 428 g/mol. The number of H-pyrrole nitrogens is 1. The van der Waals surface area contributed by atoms with Crippen molar-refractivity contribution in [2.24, 2.45) is 0 Å². The SMILES string of the molecule is COc1ccc2c(c1)c(-c1cc3cccnc3[nH]1)cn2CC(=O)N1CCN(CCN(C)C)CC1. The van der Waals surface area contributed by atoms with Gasteiger partial charge in [-0.25, -0.2) is 4.98 Å². The van der Waals surface area contributed by atoms with Crippen LogP contribution < -0.4 is 4.74 Å². The molecule has 1 aliphatic heterocycles. The quantitative estimate of drug-likeness (QED) is 0.459. The fourth-order valence-electron chi connectivity index (χ4n) is 4.66. The molecule has 1 fully saturated rings. The normalized spacial score (nSPS) is 15.0. The molecule has 1 amide bonds. The number of ether oxygens (including phenoxy) is 1.